The van der Waals surface area contributed by atoms with Crippen LogP contribution in [0.25, 0.3) is 16.7 Å². The van der Waals surface area contributed by atoms with Gasteiger partial charge in [0.25, 0.3) is 5.56 Å². The third-order valence-corrected chi connectivity index (χ3v) is 5.80. The molecule has 142 valence electrons. The van der Waals surface area contributed by atoms with Crippen molar-refractivity contribution in [2.75, 3.05) is 0 Å². The minimum atomic E-state index is -0.0729. The molecule has 4 rings (SSSR count). The second-order valence-corrected chi connectivity index (χ2v) is 7.97. The summed E-state index contributed by atoms with van der Waals surface area (Å²) in [5, 5.41) is 10.1. The molecule has 28 heavy (non-hydrogen) atoms. The molecule has 0 aliphatic carbocycles. The summed E-state index contributed by atoms with van der Waals surface area (Å²) < 4.78 is 3.58. The number of hydrogen-bond donors (Lipinski definition) is 0. The zero-order chi connectivity index (χ0) is 19.7. The number of fused-ring (bicyclic) bond motifs is 3. The largest absolute Gasteiger partial charge is 0.272 e. The standard InChI is InChI=1S/C22H22N4OS/c1-4-13-25-20(27)18-7-5-6-8-19(18)26-21(25)23-24-22(26)28-14-16-9-11-17(12-10-16)15(2)3/h4-12,15H,1,13-14H2,2-3H3. The van der Waals surface area contributed by atoms with Crippen LogP contribution in [0.2, 0.25) is 0 Å². The number of benzene rings is 2. The maximum Gasteiger partial charge on any atom is 0.263 e. The molecular formula is C22H22N4OS. The molecule has 0 aliphatic heterocycles. The lowest BCUT2D eigenvalue weighted by atomic mass is 10.0. The first kappa shape index (κ1) is 18.5. The van der Waals surface area contributed by atoms with Gasteiger partial charge in [0.15, 0.2) is 5.16 Å². The number of aromatic nitrogens is 4. The predicted octanol–water partition coefficient (Wildman–Crippen LogP) is 4.65. The van der Waals surface area contributed by atoms with Gasteiger partial charge in [-0.15, -0.1) is 16.8 Å². The topological polar surface area (TPSA) is 52.2 Å². The maximum atomic E-state index is 12.8. The average Bonchev–Trinajstić information content (AvgIpc) is 3.14. The minimum Gasteiger partial charge on any atom is -0.272 e. The van der Waals surface area contributed by atoms with Crippen LogP contribution in [0.1, 0.15) is 30.9 Å². The lowest BCUT2D eigenvalue weighted by Crippen LogP contribution is -2.22. The van der Waals surface area contributed by atoms with Gasteiger partial charge in [0.05, 0.1) is 10.9 Å². The van der Waals surface area contributed by atoms with Crippen LogP contribution in [0.3, 0.4) is 0 Å². The molecule has 2 heterocycles. The van der Waals surface area contributed by atoms with Gasteiger partial charge < -0.3 is 0 Å². The van der Waals surface area contributed by atoms with Gasteiger partial charge in [-0.1, -0.05) is 68.1 Å². The fraction of sp³-hybridized carbons (Fsp3) is 0.227. The summed E-state index contributed by atoms with van der Waals surface area (Å²) in [6.07, 6.45) is 1.70. The Morgan fingerprint density at radius 3 is 2.57 bits per heavy atom. The second-order valence-electron chi connectivity index (χ2n) is 7.02. The number of nitrogens with zero attached hydrogens (tertiary/aromatic N) is 4. The molecule has 0 saturated heterocycles. The van der Waals surface area contributed by atoms with E-state index in [0.717, 1.165) is 16.4 Å². The van der Waals surface area contributed by atoms with E-state index in [0.29, 0.717) is 23.6 Å². The average molecular weight is 391 g/mol. The van der Waals surface area contributed by atoms with E-state index in [2.05, 4.69) is 54.9 Å². The van der Waals surface area contributed by atoms with Gasteiger partial charge in [-0.3, -0.25) is 13.8 Å². The Bertz CT molecular complexity index is 1210. The van der Waals surface area contributed by atoms with Gasteiger partial charge in [0.1, 0.15) is 0 Å². The highest BCUT2D eigenvalue weighted by atomic mass is 32.2. The number of para-hydroxylation sites is 1. The number of allylic oxidation sites excluding steroid dienone is 1. The van der Waals surface area contributed by atoms with Gasteiger partial charge in [-0.2, -0.15) is 0 Å². The van der Waals surface area contributed by atoms with Gasteiger partial charge in [0, 0.05) is 12.3 Å². The Balaban J connectivity index is 1.76. The SMILES string of the molecule is C=CCn1c(=O)c2ccccc2n2c(SCc3ccc(C(C)C)cc3)nnc12. The monoisotopic (exact) mass is 390 g/mol. The molecule has 0 unspecified atom stereocenters. The first-order chi connectivity index (χ1) is 13.6. The summed E-state index contributed by atoms with van der Waals surface area (Å²) in [5.74, 6) is 1.85. The molecule has 0 aliphatic rings. The molecule has 6 heteroatoms. The van der Waals surface area contributed by atoms with Crippen molar-refractivity contribution in [3.63, 3.8) is 0 Å². The number of hydrogen-bond acceptors (Lipinski definition) is 4. The van der Waals surface area contributed by atoms with Crippen molar-refractivity contribution < 1.29 is 0 Å². The van der Waals surface area contributed by atoms with E-state index in [1.54, 1.807) is 22.4 Å². The fourth-order valence-corrected chi connectivity index (χ4v) is 4.16. The molecule has 5 nitrogen and oxygen atoms in total. The second kappa shape index (κ2) is 7.64. The predicted molar refractivity (Wildman–Crippen MR) is 115 cm³/mol. The van der Waals surface area contributed by atoms with Crippen LogP contribution in [0.5, 0.6) is 0 Å². The molecule has 2 aromatic carbocycles. The zero-order valence-corrected chi connectivity index (χ0v) is 16.8. The normalized spacial score (nSPS) is 11.5. The quantitative estimate of drug-likeness (QED) is 0.355. The van der Waals surface area contributed by atoms with E-state index >= 15 is 0 Å². The zero-order valence-electron chi connectivity index (χ0n) is 16.0. The molecule has 4 aromatic rings. The van der Waals surface area contributed by atoms with Crippen LogP contribution in [-0.4, -0.2) is 19.2 Å². The summed E-state index contributed by atoms with van der Waals surface area (Å²) in [7, 11) is 0. The van der Waals surface area contributed by atoms with Crippen molar-refractivity contribution in [2.24, 2.45) is 0 Å². The van der Waals surface area contributed by atoms with Crippen LogP contribution < -0.4 is 5.56 Å². The third kappa shape index (κ3) is 3.24. The van der Waals surface area contributed by atoms with Crippen molar-refractivity contribution in [2.45, 2.75) is 37.2 Å². The molecule has 0 N–H and O–H groups in total. The molecular weight excluding hydrogens is 368 g/mol. The fourth-order valence-electron chi connectivity index (χ4n) is 3.27. The smallest absolute Gasteiger partial charge is 0.263 e. The Morgan fingerprint density at radius 2 is 1.86 bits per heavy atom. The van der Waals surface area contributed by atoms with E-state index in [1.807, 2.05) is 28.7 Å². The lowest BCUT2D eigenvalue weighted by Gasteiger charge is -2.10. The van der Waals surface area contributed by atoms with Gasteiger partial charge >= 0.3 is 0 Å². The van der Waals surface area contributed by atoms with E-state index in [1.165, 1.54) is 11.1 Å². The molecule has 0 fully saturated rings. The molecule has 2 aromatic heterocycles. The Morgan fingerprint density at radius 1 is 1.11 bits per heavy atom. The van der Waals surface area contributed by atoms with Crippen molar-refractivity contribution in [3.8, 4) is 0 Å². The lowest BCUT2D eigenvalue weighted by molar-refractivity contribution is 0.783. The van der Waals surface area contributed by atoms with Gasteiger partial charge in [0.2, 0.25) is 5.78 Å². The highest BCUT2D eigenvalue weighted by Gasteiger charge is 2.16. The Hall–Kier alpha value is -2.86. The summed E-state index contributed by atoms with van der Waals surface area (Å²) >= 11 is 1.62. The molecule has 0 amide bonds. The third-order valence-electron chi connectivity index (χ3n) is 4.80. The Labute approximate surface area is 167 Å². The van der Waals surface area contributed by atoms with Crippen molar-refractivity contribution in [3.05, 3.63) is 82.7 Å². The van der Waals surface area contributed by atoms with Crippen molar-refractivity contribution in [1.82, 2.24) is 19.2 Å². The highest BCUT2D eigenvalue weighted by Crippen LogP contribution is 2.25. The minimum absolute atomic E-state index is 0.0729. The van der Waals surface area contributed by atoms with E-state index in [4.69, 9.17) is 0 Å². The molecule has 0 spiro atoms. The molecule has 0 radical (unpaired) electrons. The van der Waals surface area contributed by atoms with E-state index in [-0.39, 0.29) is 5.56 Å². The van der Waals surface area contributed by atoms with E-state index in [9.17, 15) is 4.79 Å². The number of thioether (sulfide) groups is 1. The molecule has 0 bridgehead atoms. The van der Waals surface area contributed by atoms with Gasteiger partial charge in [-0.25, -0.2) is 0 Å². The first-order valence-corrected chi connectivity index (χ1v) is 10.3. The first-order valence-electron chi connectivity index (χ1n) is 9.29. The summed E-state index contributed by atoms with van der Waals surface area (Å²) in [6.45, 7) is 8.55. The van der Waals surface area contributed by atoms with Crippen LogP contribution in [0.4, 0.5) is 0 Å². The molecule has 0 atom stereocenters. The van der Waals surface area contributed by atoms with Crippen LogP contribution in [0, 0.1) is 0 Å². The maximum absolute atomic E-state index is 12.8. The van der Waals surface area contributed by atoms with Crippen LogP contribution in [0.15, 0.2) is 71.1 Å². The summed E-state index contributed by atoms with van der Waals surface area (Å²) in [5.41, 5.74) is 3.32. The Kier molecular flexibility index (Phi) is 5.05. The summed E-state index contributed by atoms with van der Waals surface area (Å²) in [6, 6.07) is 16.3. The van der Waals surface area contributed by atoms with Crippen LogP contribution in [-0.2, 0) is 12.3 Å². The van der Waals surface area contributed by atoms with Crippen molar-refractivity contribution in [1.29, 1.82) is 0 Å². The van der Waals surface area contributed by atoms with Gasteiger partial charge in [-0.05, 0) is 29.2 Å². The highest BCUT2D eigenvalue weighted by molar-refractivity contribution is 7.98. The van der Waals surface area contributed by atoms with E-state index < -0.39 is 0 Å². The number of rotatable bonds is 6. The van der Waals surface area contributed by atoms with Crippen LogP contribution >= 0.6 is 11.8 Å². The summed E-state index contributed by atoms with van der Waals surface area (Å²) in [4.78, 5) is 12.8. The van der Waals surface area contributed by atoms with Crippen molar-refractivity contribution >= 4 is 28.4 Å². The molecule has 0 saturated carbocycles.